The van der Waals surface area contributed by atoms with Gasteiger partial charge in [-0.3, -0.25) is 0 Å². The summed E-state index contributed by atoms with van der Waals surface area (Å²) in [5.41, 5.74) is 3.83. The van der Waals surface area contributed by atoms with Crippen molar-refractivity contribution in [3.8, 4) is 22.4 Å². The molecule has 0 radical (unpaired) electrons. The normalized spacial score (nSPS) is 10.8. The second-order valence-electron chi connectivity index (χ2n) is 5.78. The highest BCUT2D eigenvalue weighted by Gasteiger charge is 2.21. The summed E-state index contributed by atoms with van der Waals surface area (Å²) < 4.78 is 1.69. The lowest BCUT2D eigenvalue weighted by Gasteiger charge is -2.04. The monoisotopic (exact) mass is 320 g/mol. The predicted molar refractivity (Wildman–Crippen MR) is 95.0 cm³/mol. The number of hydrogen-bond acceptors (Lipinski definition) is 2. The summed E-state index contributed by atoms with van der Waals surface area (Å²) in [7, 11) is 1.77. The molecule has 0 amide bonds. The van der Waals surface area contributed by atoms with E-state index in [4.69, 9.17) is 0 Å². The van der Waals surface area contributed by atoms with Crippen molar-refractivity contribution in [2.24, 2.45) is 7.05 Å². The first kappa shape index (κ1) is 16.0. The Kier molecular flexibility index (Phi) is 4.47. The minimum atomic E-state index is -0.950. The Morgan fingerprint density at radius 1 is 1.00 bits per heavy atom. The number of carbonyl (C=O) groups is 1. The highest BCUT2D eigenvalue weighted by atomic mass is 16.4. The molecule has 3 aromatic rings. The molecule has 122 valence electrons. The zero-order valence-corrected chi connectivity index (χ0v) is 13.9. The lowest BCUT2D eigenvalue weighted by Crippen LogP contribution is -2.08. The van der Waals surface area contributed by atoms with E-state index in [2.05, 4.69) is 24.0 Å². The van der Waals surface area contributed by atoms with Gasteiger partial charge in [-0.2, -0.15) is 0 Å². The van der Waals surface area contributed by atoms with Crippen LogP contribution in [-0.4, -0.2) is 20.6 Å². The van der Waals surface area contributed by atoms with E-state index >= 15 is 0 Å². The average Bonchev–Trinajstić information content (AvgIpc) is 2.93. The number of carboxylic acids is 1. The van der Waals surface area contributed by atoms with Crippen molar-refractivity contribution in [1.82, 2.24) is 9.55 Å². The third kappa shape index (κ3) is 2.95. The van der Waals surface area contributed by atoms with Gasteiger partial charge in [0, 0.05) is 19.0 Å². The van der Waals surface area contributed by atoms with Crippen LogP contribution in [0.15, 0.2) is 54.6 Å². The summed E-state index contributed by atoms with van der Waals surface area (Å²) in [5, 5.41) is 9.56. The summed E-state index contributed by atoms with van der Waals surface area (Å²) in [4.78, 5) is 16.2. The molecule has 0 aliphatic rings. The zero-order chi connectivity index (χ0) is 17.1. The maximum absolute atomic E-state index is 11.7. The number of carboxylic acid groups (broad SMARTS) is 1. The number of aromatic carboxylic acids is 1. The van der Waals surface area contributed by atoms with Crippen LogP contribution in [0.4, 0.5) is 0 Å². The third-order valence-corrected chi connectivity index (χ3v) is 4.13. The number of hydrogen-bond donors (Lipinski definition) is 1. The lowest BCUT2D eigenvalue weighted by atomic mass is 10.0. The fraction of sp³-hybridized carbons (Fsp3) is 0.200. The second-order valence-corrected chi connectivity index (χ2v) is 5.78. The summed E-state index contributed by atoms with van der Waals surface area (Å²) >= 11 is 0. The molecule has 0 bridgehead atoms. The van der Waals surface area contributed by atoms with Crippen molar-refractivity contribution in [2.45, 2.75) is 19.8 Å². The van der Waals surface area contributed by atoms with Gasteiger partial charge in [-0.25, -0.2) is 9.78 Å². The number of aromatic nitrogens is 2. The number of rotatable bonds is 5. The Bertz CT molecular complexity index is 849. The Balaban J connectivity index is 2.03. The molecule has 24 heavy (non-hydrogen) atoms. The van der Waals surface area contributed by atoms with E-state index in [1.54, 1.807) is 11.6 Å². The highest BCUT2D eigenvalue weighted by molar-refractivity contribution is 5.93. The molecule has 0 unspecified atom stereocenters. The maximum atomic E-state index is 11.7. The van der Waals surface area contributed by atoms with Crippen LogP contribution in [0.2, 0.25) is 0 Å². The molecule has 0 spiro atoms. The molecule has 3 rings (SSSR count). The molecule has 0 saturated carbocycles. The highest BCUT2D eigenvalue weighted by Crippen LogP contribution is 2.27. The molecule has 1 heterocycles. The van der Waals surface area contributed by atoms with E-state index in [1.165, 1.54) is 0 Å². The standard InChI is InChI=1S/C20H20N2O2/c1-3-7-17-21-18(19(20(23)24)22(17)2)16-12-10-15(11-13-16)14-8-5-4-6-9-14/h4-6,8-13H,3,7H2,1-2H3,(H,23,24). The molecule has 2 aromatic carbocycles. The van der Waals surface area contributed by atoms with E-state index in [1.807, 2.05) is 42.5 Å². The average molecular weight is 320 g/mol. The third-order valence-electron chi connectivity index (χ3n) is 4.13. The van der Waals surface area contributed by atoms with Crippen LogP contribution in [0, 0.1) is 0 Å². The van der Waals surface area contributed by atoms with Crippen LogP contribution in [-0.2, 0) is 13.5 Å². The Morgan fingerprint density at radius 2 is 1.58 bits per heavy atom. The maximum Gasteiger partial charge on any atom is 0.354 e. The largest absolute Gasteiger partial charge is 0.477 e. The minimum absolute atomic E-state index is 0.242. The van der Waals surface area contributed by atoms with E-state index in [-0.39, 0.29) is 5.69 Å². The molecule has 4 heteroatoms. The van der Waals surface area contributed by atoms with Gasteiger partial charge in [0.05, 0.1) is 0 Å². The Morgan fingerprint density at radius 3 is 2.17 bits per heavy atom. The lowest BCUT2D eigenvalue weighted by molar-refractivity contribution is 0.0687. The van der Waals surface area contributed by atoms with Crippen LogP contribution in [0.5, 0.6) is 0 Å². The van der Waals surface area contributed by atoms with Crippen molar-refractivity contribution in [2.75, 3.05) is 0 Å². The molecule has 1 N–H and O–H groups in total. The SMILES string of the molecule is CCCc1nc(-c2ccc(-c3ccccc3)cc2)c(C(=O)O)n1C. The van der Waals surface area contributed by atoms with Crippen molar-refractivity contribution in [3.63, 3.8) is 0 Å². The number of nitrogens with zero attached hydrogens (tertiary/aromatic N) is 2. The van der Waals surface area contributed by atoms with Crippen LogP contribution < -0.4 is 0 Å². The summed E-state index contributed by atoms with van der Waals surface area (Å²) in [5.74, 6) is -0.147. The quantitative estimate of drug-likeness (QED) is 0.758. The fourth-order valence-corrected chi connectivity index (χ4v) is 2.89. The van der Waals surface area contributed by atoms with Gasteiger partial charge in [0.1, 0.15) is 11.5 Å². The van der Waals surface area contributed by atoms with Gasteiger partial charge in [0.15, 0.2) is 5.69 Å². The van der Waals surface area contributed by atoms with Crippen molar-refractivity contribution < 1.29 is 9.90 Å². The number of imidazole rings is 1. The van der Waals surface area contributed by atoms with Crippen molar-refractivity contribution in [1.29, 1.82) is 0 Å². The molecule has 0 saturated heterocycles. The summed E-state index contributed by atoms with van der Waals surface area (Å²) in [6, 6.07) is 18.0. The first-order chi connectivity index (χ1) is 11.6. The summed E-state index contributed by atoms with van der Waals surface area (Å²) in [6.07, 6.45) is 1.69. The molecule has 0 aliphatic heterocycles. The van der Waals surface area contributed by atoms with Crippen LogP contribution in [0.3, 0.4) is 0 Å². The van der Waals surface area contributed by atoms with Gasteiger partial charge < -0.3 is 9.67 Å². The molecular formula is C20H20N2O2. The topological polar surface area (TPSA) is 55.1 Å². The predicted octanol–water partition coefficient (Wildman–Crippen LogP) is 4.40. The molecular weight excluding hydrogens is 300 g/mol. The van der Waals surface area contributed by atoms with Gasteiger partial charge in [0.2, 0.25) is 0 Å². The molecule has 0 fully saturated rings. The molecule has 0 aliphatic carbocycles. The van der Waals surface area contributed by atoms with Crippen molar-refractivity contribution in [3.05, 3.63) is 66.1 Å². The van der Waals surface area contributed by atoms with Crippen LogP contribution >= 0.6 is 0 Å². The summed E-state index contributed by atoms with van der Waals surface area (Å²) in [6.45, 7) is 2.06. The Hall–Kier alpha value is -2.88. The molecule has 4 nitrogen and oxygen atoms in total. The number of aryl methyl sites for hydroxylation is 1. The van der Waals surface area contributed by atoms with Gasteiger partial charge in [-0.05, 0) is 17.5 Å². The molecule has 1 aromatic heterocycles. The van der Waals surface area contributed by atoms with E-state index < -0.39 is 5.97 Å². The van der Waals surface area contributed by atoms with E-state index in [0.29, 0.717) is 5.69 Å². The van der Waals surface area contributed by atoms with Gasteiger partial charge in [-0.1, -0.05) is 61.5 Å². The Labute approximate surface area is 141 Å². The zero-order valence-electron chi connectivity index (χ0n) is 13.9. The smallest absolute Gasteiger partial charge is 0.354 e. The van der Waals surface area contributed by atoms with Crippen LogP contribution in [0.25, 0.3) is 22.4 Å². The van der Waals surface area contributed by atoms with E-state index in [9.17, 15) is 9.90 Å². The molecule has 0 atom stereocenters. The van der Waals surface area contributed by atoms with E-state index in [0.717, 1.165) is 35.4 Å². The minimum Gasteiger partial charge on any atom is -0.477 e. The van der Waals surface area contributed by atoms with Crippen LogP contribution in [0.1, 0.15) is 29.7 Å². The van der Waals surface area contributed by atoms with Gasteiger partial charge >= 0.3 is 5.97 Å². The first-order valence-electron chi connectivity index (χ1n) is 8.06. The fourth-order valence-electron chi connectivity index (χ4n) is 2.89. The number of benzene rings is 2. The van der Waals surface area contributed by atoms with Gasteiger partial charge in [-0.15, -0.1) is 0 Å². The first-order valence-corrected chi connectivity index (χ1v) is 8.06. The van der Waals surface area contributed by atoms with Crippen molar-refractivity contribution >= 4 is 5.97 Å². The second kappa shape index (κ2) is 6.71. The van der Waals surface area contributed by atoms with Gasteiger partial charge in [0.25, 0.3) is 0 Å².